The summed E-state index contributed by atoms with van der Waals surface area (Å²) in [4.78, 5) is 26.9. The van der Waals surface area contributed by atoms with Crippen LogP contribution in [0.2, 0.25) is 0 Å². The van der Waals surface area contributed by atoms with Crippen molar-refractivity contribution in [3.8, 4) is 11.5 Å². The van der Waals surface area contributed by atoms with Crippen LogP contribution in [-0.4, -0.2) is 18.5 Å². The highest BCUT2D eigenvalue weighted by molar-refractivity contribution is 6.10. The molecule has 6 nitrogen and oxygen atoms in total. The number of carbonyl (C=O) groups excluding carboxylic acids is 2. The number of anilines is 1. The van der Waals surface area contributed by atoms with E-state index >= 15 is 0 Å². The van der Waals surface area contributed by atoms with Gasteiger partial charge in [-0.25, -0.2) is 4.39 Å². The SMILES string of the molecule is CC1=C(C(=O)Nc2ccccc2F)[C@H](c2ccc3c(c2)OCO3)C2=C(CC(C)(C)CC2=O)N1. The molecular formula is C26H25FN2O4. The van der Waals surface area contributed by atoms with Crippen molar-refractivity contribution >= 4 is 17.4 Å². The Morgan fingerprint density at radius 3 is 2.67 bits per heavy atom. The maximum absolute atomic E-state index is 14.3. The fourth-order valence-corrected chi connectivity index (χ4v) is 4.92. The summed E-state index contributed by atoms with van der Waals surface area (Å²) in [6.45, 7) is 6.06. The number of Topliss-reactive ketones (excluding diaryl/α,β-unsaturated/α-hetero) is 1. The molecule has 1 aliphatic carbocycles. The van der Waals surface area contributed by atoms with Gasteiger partial charge in [-0.15, -0.1) is 0 Å². The van der Waals surface area contributed by atoms with Crippen LogP contribution in [-0.2, 0) is 9.59 Å². The van der Waals surface area contributed by atoms with Crippen LogP contribution in [0.5, 0.6) is 11.5 Å². The fraction of sp³-hybridized carbons (Fsp3) is 0.308. The Kier molecular flexibility index (Phi) is 5.00. The molecule has 1 amide bonds. The van der Waals surface area contributed by atoms with Gasteiger partial charge in [-0.05, 0) is 48.6 Å². The molecule has 0 bridgehead atoms. The van der Waals surface area contributed by atoms with Crippen molar-refractivity contribution in [1.29, 1.82) is 0 Å². The third-order valence-corrected chi connectivity index (χ3v) is 6.34. The summed E-state index contributed by atoms with van der Waals surface area (Å²) in [5.74, 6) is -0.398. The number of rotatable bonds is 3. The van der Waals surface area contributed by atoms with Crippen molar-refractivity contribution in [2.45, 2.75) is 39.5 Å². The molecule has 7 heteroatoms. The lowest BCUT2D eigenvalue weighted by Gasteiger charge is -2.39. The van der Waals surface area contributed by atoms with Gasteiger partial charge in [0, 0.05) is 34.9 Å². The summed E-state index contributed by atoms with van der Waals surface area (Å²) >= 11 is 0. The van der Waals surface area contributed by atoms with Gasteiger partial charge in [0.1, 0.15) is 5.82 Å². The Hall–Kier alpha value is -3.61. The van der Waals surface area contributed by atoms with E-state index in [-0.39, 0.29) is 23.7 Å². The highest BCUT2D eigenvalue weighted by Crippen LogP contribution is 2.48. The van der Waals surface area contributed by atoms with E-state index in [0.29, 0.717) is 41.2 Å². The highest BCUT2D eigenvalue weighted by Gasteiger charge is 2.43. The number of carbonyl (C=O) groups is 2. The van der Waals surface area contributed by atoms with Crippen LogP contribution < -0.4 is 20.1 Å². The Morgan fingerprint density at radius 2 is 1.88 bits per heavy atom. The first-order valence-electron chi connectivity index (χ1n) is 10.9. The number of ether oxygens (including phenoxy) is 2. The molecule has 0 unspecified atom stereocenters. The second-order valence-electron chi connectivity index (χ2n) is 9.48. The van der Waals surface area contributed by atoms with E-state index in [0.717, 1.165) is 11.3 Å². The van der Waals surface area contributed by atoms with Gasteiger partial charge in [-0.1, -0.05) is 32.0 Å². The largest absolute Gasteiger partial charge is 0.454 e. The lowest BCUT2D eigenvalue weighted by atomic mass is 9.68. The van der Waals surface area contributed by atoms with Crippen LogP contribution in [0, 0.1) is 11.2 Å². The third-order valence-electron chi connectivity index (χ3n) is 6.34. The van der Waals surface area contributed by atoms with Gasteiger partial charge < -0.3 is 20.1 Å². The van der Waals surface area contributed by atoms with Gasteiger partial charge in [0.2, 0.25) is 6.79 Å². The average molecular weight is 448 g/mol. The molecule has 33 heavy (non-hydrogen) atoms. The molecular weight excluding hydrogens is 423 g/mol. The van der Waals surface area contributed by atoms with Crippen LogP contribution in [0.25, 0.3) is 0 Å². The maximum Gasteiger partial charge on any atom is 0.254 e. The number of hydrogen-bond acceptors (Lipinski definition) is 5. The zero-order valence-corrected chi connectivity index (χ0v) is 18.8. The molecule has 2 aliphatic heterocycles. The van der Waals surface area contributed by atoms with Crippen LogP contribution in [0.4, 0.5) is 10.1 Å². The fourth-order valence-electron chi connectivity index (χ4n) is 4.92. The number of nitrogens with one attached hydrogen (secondary N) is 2. The van der Waals surface area contributed by atoms with Crippen LogP contribution in [0.15, 0.2) is 65.0 Å². The van der Waals surface area contributed by atoms with Crippen molar-refractivity contribution in [3.63, 3.8) is 0 Å². The van der Waals surface area contributed by atoms with Crippen molar-refractivity contribution in [2.75, 3.05) is 12.1 Å². The van der Waals surface area contributed by atoms with Gasteiger partial charge in [0.25, 0.3) is 5.91 Å². The first-order chi connectivity index (χ1) is 15.7. The van der Waals surface area contributed by atoms with E-state index in [2.05, 4.69) is 24.5 Å². The Balaban J connectivity index is 1.62. The molecule has 2 heterocycles. The molecule has 2 N–H and O–H groups in total. The normalized spacial score (nSPS) is 21.0. The van der Waals surface area contributed by atoms with Crippen molar-refractivity contribution in [2.24, 2.45) is 5.41 Å². The van der Waals surface area contributed by atoms with Crippen molar-refractivity contribution in [1.82, 2.24) is 5.32 Å². The van der Waals surface area contributed by atoms with E-state index in [4.69, 9.17) is 9.47 Å². The number of para-hydroxylation sites is 1. The number of halogens is 1. The Bertz CT molecular complexity index is 1240. The van der Waals surface area contributed by atoms with Gasteiger partial charge in [-0.2, -0.15) is 0 Å². The molecule has 0 saturated carbocycles. The Labute approximate surface area is 191 Å². The molecule has 0 aromatic heterocycles. The standard InChI is InChI=1S/C26H25FN2O4/c1-14-22(25(31)29-17-7-5-4-6-16(17)27)23(15-8-9-20-21(10-15)33-13-32-20)24-18(28-14)11-26(2,3)12-19(24)30/h4-10,23,28H,11-13H2,1-3H3,(H,29,31)/t23-/m0/s1. The van der Waals surface area contributed by atoms with E-state index in [1.165, 1.54) is 12.1 Å². The van der Waals surface area contributed by atoms with Crippen LogP contribution in [0.1, 0.15) is 45.1 Å². The first-order valence-corrected chi connectivity index (χ1v) is 10.9. The van der Waals surface area contributed by atoms with Crippen molar-refractivity contribution < 1.29 is 23.5 Å². The quantitative estimate of drug-likeness (QED) is 0.706. The summed E-state index contributed by atoms with van der Waals surface area (Å²) in [6, 6.07) is 11.5. The lowest BCUT2D eigenvalue weighted by molar-refractivity contribution is -0.118. The minimum Gasteiger partial charge on any atom is -0.454 e. The minimum atomic E-state index is -0.605. The number of allylic oxidation sites excluding steroid dienone is 3. The topological polar surface area (TPSA) is 76.7 Å². The molecule has 170 valence electrons. The molecule has 2 aromatic carbocycles. The lowest BCUT2D eigenvalue weighted by Crippen LogP contribution is -2.39. The third kappa shape index (κ3) is 3.77. The minimum absolute atomic E-state index is 0.000100. The molecule has 0 spiro atoms. The Morgan fingerprint density at radius 1 is 1.12 bits per heavy atom. The molecule has 5 rings (SSSR count). The number of dihydropyridines is 1. The summed E-state index contributed by atoms with van der Waals surface area (Å²) < 4.78 is 25.3. The average Bonchev–Trinajstić information content (AvgIpc) is 3.21. The zero-order chi connectivity index (χ0) is 23.3. The number of benzene rings is 2. The van der Waals surface area contributed by atoms with Gasteiger partial charge in [0.05, 0.1) is 5.69 Å². The smallest absolute Gasteiger partial charge is 0.254 e. The van der Waals surface area contributed by atoms with Gasteiger partial charge in [0.15, 0.2) is 17.3 Å². The monoisotopic (exact) mass is 448 g/mol. The predicted octanol–water partition coefficient (Wildman–Crippen LogP) is 4.80. The van der Waals surface area contributed by atoms with E-state index in [1.54, 1.807) is 18.2 Å². The zero-order valence-electron chi connectivity index (χ0n) is 18.8. The summed E-state index contributed by atoms with van der Waals surface area (Å²) in [5.41, 5.74) is 3.08. The second kappa shape index (κ2) is 7.76. The maximum atomic E-state index is 14.3. The van der Waals surface area contributed by atoms with E-state index in [1.807, 2.05) is 19.1 Å². The summed E-state index contributed by atoms with van der Waals surface area (Å²) in [5, 5.41) is 6.00. The molecule has 1 atom stereocenters. The first kappa shape index (κ1) is 21.2. The van der Waals surface area contributed by atoms with E-state index < -0.39 is 17.6 Å². The molecule has 3 aliphatic rings. The van der Waals surface area contributed by atoms with Crippen LogP contribution in [0.3, 0.4) is 0 Å². The number of ketones is 1. The van der Waals surface area contributed by atoms with Gasteiger partial charge >= 0.3 is 0 Å². The number of fused-ring (bicyclic) bond motifs is 1. The summed E-state index contributed by atoms with van der Waals surface area (Å²) in [6.07, 6.45) is 1.07. The molecule has 0 radical (unpaired) electrons. The van der Waals surface area contributed by atoms with Crippen molar-refractivity contribution in [3.05, 3.63) is 76.4 Å². The molecule has 0 saturated heterocycles. The predicted molar refractivity (Wildman–Crippen MR) is 121 cm³/mol. The summed E-state index contributed by atoms with van der Waals surface area (Å²) in [7, 11) is 0. The highest BCUT2D eigenvalue weighted by atomic mass is 19.1. The van der Waals surface area contributed by atoms with Crippen LogP contribution >= 0.6 is 0 Å². The number of amides is 1. The van der Waals surface area contributed by atoms with E-state index in [9.17, 15) is 14.0 Å². The second-order valence-corrected chi connectivity index (χ2v) is 9.48. The molecule has 2 aromatic rings. The van der Waals surface area contributed by atoms with Gasteiger partial charge in [-0.3, -0.25) is 9.59 Å². The molecule has 0 fully saturated rings. The number of hydrogen-bond donors (Lipinski definition) is 2.